The van der Waals surface area contributed by atoms with Crippen molar-refractivity contribution in [3.63, 3.8) is 0 Å². The van der Waals surface area contributed by atoms with E-state index in [1.54, 1.807) is 38.1 Å². The molecule has 2 unspecified atom stereocenters. The molecule has 16 nitrogen and oxygen atoms in total. The van der Waals surface area contributed by atoms with Gasteiger partial charge in [-0.3, -0.25) is 9.59 Å². The van der Waals surface area contributed by atoms with E-state index in [4.69, 9.17) is 49.4 Å². The van der Waals surface area contributed by atoms with Crippen LogP contribution in [-0.4, -0.2) is 108 Å². The maximum absolute atomic E-state index is 13.7. The predicted octanol–water partition coefficient (Wildman–Crippen LogP) is 0.796. The predicted molar refractivity (Wildman–Crippen MR) is 178 cm³/mol. The molecular weight excluding hydrogens is 684 g/mol. The van der Waals surface area contributed by atoms with Gasteiger partial charge in [0.25, 0.3) is 0 Å². The minimum absolute atomic E-state index is 0.0146. The third-order valence-electron chi connectivity index (χ3n) is 10.5. The molecule has 16 heteroatoms. The largest absolute Gasteiger partial charge is 0.461 e. The molecule has 0 amide bonds. The Morgan fingerprint density at radius 1 is 1.04 bits per heavy atom. The summed E-state index contributed by atoms with van der Waals surface area (Å²) in [5.41, 5.74) is 10.9. The van der Waals surface area contributed by atoms with Crippen LogP contribution in [0.15, 0.2) is 41.7 Å². The lowest BCUT2D eigenvalue weighted by atomic mass is 9.72. The molecule has 4 aliphatic heterocycles. The first kappa shape index (κ1) is 36.4. The van der Waals surface area contributed by atoms with Crippen LogP contribution in [0.2, 0.25) is 0 Å². The molecule has 2 fully saturated rings. The molecule has 4 heterocycles. The lowest BCUT2D eigenvalue weighted by Gasteiger charge is -2.50. The normalized spacial score (nSPS) is 36.6. The SMILES string of the molecule is CO[C@@H]1[C@@H](N)[C@@H](O[C@H]2[C@H](Oc3cccc4c(OC(=O)CCN)c5c6c(c34)OC(=O)C3C(C)=CC=C(OC5=O)C63)O[C@H](C)[C@H](O)[C@]2(C)O)O[C@H](C)[C@@H]1O. The Labute approximate surface area is 298 Å². The molecule has 2 aromatic carbocycles. The first-order valence-corrected chi connectivity index (χ1v) is 17.0. The van der Waals surface area contributed by atoms with Crippen LogP contribution in [0.25, 0.3) is 10.8 Å². The summed E-state index contributed by atoms with van der Waals surface area (Å²) in [6.07, 6.45) is -6.30. The highest BCUT2D eigenvalue weighted by Crippen LogP contribution is 2.58. The summed E-state index contributed by atoms with van der Waals surface area (Å²) in [5.74, 6) is -3.65. The maximum atomic E-state index is 13.7. The van der Waals surface area contributed by atoms with Gasteiger partial charge in [0, 0.05) is 24.6 Å². The highest BCUT2D eigenvalue weighted by Gasteiger charge is 2.57. The molecule has 7 rings (SSSR count). The third kappa shape index (κ3) is 5.69. The average Bonchev–Trinajstić information content (AvgIpc) is 3.09. The molecular formula is C36H42N2O14. The van der Waals surface area contributed by atoms with E-state index >= 15 is 0 Å². The summed E-state index contributed by atoms with van der Waals surface area (Å²) < 4.78 is 47.7. The molecule has 0 radical (unpaired) electrons. The van der Waals surface area contributed by atoms with Gasteiger partial charge >= 0.3 is 17.9 Å². The Balaban J connectivity index is 1.38. The number of fused-ring (bicyclic) bond motifs is 2. The van der Waals surface area contributed by atoms with Gasteiger partial charge in [-0.15, -0.1) is 0 Å². The van der Waals surface area contributed by atoms with Crippen molar-refractivity contribution >= 4 is 28.7 Å². The summed E-state index contributed by atoms with van der Waals surface area (Å²) in [7, 11) is 1.38. The Kier molecular flexibility index (Phi) is 9.42. The van der Waals surface area contributed by atoms with Crippen LogP contribution in [0, 0.1) is 5.92 Å². The Morgan fingerprint density at radius 2 is 1.77 bits per heavy atom. The zero-order valence-electron chi connectivity index (χ0n) is 29.1. The fourth-order valence-electron chi connectivity index (χ4n) is 7.74. The van der Waals surface area contributed by atoms with Crippen LogP contribution in [0.5, 0.6) is 17.2 Å². The second kappa shape index (κ2) is 13.5. The molecule has 2 aromatic rings. The molecule has 0 bridgehead atoms. The van der Waals surface area contributed by atoms with E-state index in [2.05, 4.69) is 0 Å². The fraction of sp³-hybridized carbons (Fsp3) is 0.528. The average molecular weight is 727 g/mol. The van der Waals surface area contributed by atoms with E-state index in [0.29, 0.717) is 5.57 Å². The highest BCUT2D eigenvalue weighted by molar-refractivity contribution is 6.12. The number of hydrogen-bond acceptors (Lipinski definition) is 16. The van der Waals surface area contributed by atoms with Crippen LogP contribution < -0.4 is 25.7 Å². The number of nitrogens with two attached hydrogens (primary N) is 2. The minimum Gasteiger partial charge on any atom is -0.461 e. The zero-order chi connectivity index (χ0) is 37.4. The van der Waals surface area contributed by atoms with Crippen LogP contribution >= 0.6 is 0 Å². The Hall–Kier alpha value is -3.97. The lowest BCUT2D eigenvalue weighted by Crippen LogP contribution is -2.69. The van der Waals surface area contributed by atoms with Crippen LogP contribution in [0.4, 0.5) is 0 Å². The standard InChI is InChI=1S/C36H42N2O14/c1-13-9-10-18-22-20(13)32(42)51-28-21-16(27(50-19(39)11-12-37)24(23(22)28)33(43)48-18)7-6-8-17(21)49-35-31(36(4,44)30(41)15(3)47-35)52-34-25(38)29(45-5)26(40)14(2)46-34/h6-10,14-15,20,22,25-26,29-31,34-35,40-41,44H,11-12,37-38H2,1-5H3/t14-,15-,20?,22?,25-,26+,29-,30+,31+,34-,35+,36+/m1/s1. The van der Waals surface area contributed by atoms with Crippen molar-refractivity contribution in [1.82, 2.24) is 0 Å². The molecule has 0 aromatic heterocycles. The van der Waals surface area contributed by atoms with Crippen LogP contribution in [0.3, 0.4) is 0 Å². The first-order valence-electron chi connectivity index (χ1n) is 17.0. The van der Waals surface area contributed by atoms with Crippen molar-refractivity contribution in [2.45, 2.75) is 101 Å². The fourth-order valence-corrected chi connectivity index (χ4v) is 7.74. The van der Waals surface area contributed by atoms with Gasteiger partial charge in [-0.1, -0.05) is 23.8 Å². The van der Waals surface area contributed by atoms with Crippen molar-refractivity contribution < 1.29 is 67.6 Å². The van der Waals surface area contributed by atoms with E-state index in [-0.39, 0.29) is 57.9 Å². The molecule has 1 aliphatic carbocycles. The molecule has 52 heavy (non-hydrogen) atoms. The number of ether oxygens (including phenoxy) is 8. The van der Waals surface area contributed by atoms with Crippen molar-refractivity contribution in [1.29, 1.82) is 0 Å². The van der Waals surface area contributed by atoms with Crippen molar-refractivity contribution in [2.24, 2.45) is 17.4 Å². The van der Waals surface area contributed by atoms with Crippen LogP contribution in [0.1, 0.15) is 56.0 Å². The quantitative estimate of drug-likeness (QED) is 0.187. The van der Waals surface area contributed by atoms with Gasteiger partial charge < -0.3 is 64.7 Å². The first-order chi connectivity index (χ1) is 24.7. The molecule has 2 saturated heterocycles. The summed E-state index contributed by atoms with van der Waals surface area (Å²) in [6.45, 7) is 6.23. The number of aliphatic hydroxyl groups is 3. The zero-order valence-corrected chi connectivity index (χ0v) is 29.1. The van der Waals surface area contributed by atoms with Crippen molar-refractivity contribution in [3.05, 3.63) is 52.8 Å². The lowest BCUT2D eigenvalue weighted by molar-refractivity contribution is -0.356. The van der Waals surface area contributed by atoms with E-state index in [9.17, 15) is 29.7 Å². The van der Waals surface area contributed by atoms with Gasteiger partial charge in [-0.2, -0.15) is 0 Å². The number of hydrogen-bond donors (Lipinski definition) is 5. The summed E-state index contributed by atoms with van der Waals surface area (Å²) in [4.78, 5) is 40.3. The maximum Gasteiger partial charge on any atom is 0.347 e. The summed E-state index contributed by atoms with van der Waals surface area (Å²) >= 11 is 0. The second-order valence-corrected chi connectivity index (χ2v) is 13.9. The molecule has 280 valence electrons. The number of aliphatic hydroxyl groups excluding tert-OH is 2. The molecule has 5 aliphatic rings. The molecule has 12 atom stereocenters. The number of benzene rings is 2. The molecule has 7 N–H and O–H groups in total. The van der Waals surface area contributed by atoms with Gasteiger partial charge in [0.2, 0.25) is 6.29 Å². The van der Waals surface area contributed by atoms with E-state index in [1.165, 1.54) is 27.0 Å². The van der Waals surface area contributed by atoms with Gasteiger partial charge in [0.05, 0.1) is 41.9 Å². The number of allylic oxidation sites excluding steroid dienone is 3. The third-order valence-corrected chi connectivity index (χ3v) is 10.5. The Bertz CT molecular complexity index is 1870. The van der Waals surface area contributed by atoms with E-state index < -0.39 is 90.6 Å². The van der Waals surface area contributed by atoms with Gasteiger partial charge in [-0.25, -0.2) is 4.79 Å². The summed E-state index contributed by atoms with van der Waals surface area (Å²) in [5, 5.41) is 33.7. The minimum atomic E-state index is -2.02. The number of carbonyl (C=O) groups excluding carboxylic acids is 3. The number of esters is 3. The number of carbonyl (C=O) groups is 3. The second-order valence-electron chi connectivity index (χ2n) is 13.9. The number of methoxy groups -OCH3 is 1. The van der Waals surface area contributed by atoms with E-state index in [0.717, 1.165) is 0 Å². The van der Waals surface area contributed by atoms with Crippen LogP contribution in [-0.2, 0) is 33.3 Å². The topological polar surface area (TPSA) is 238 Å². The van der Waals surface area contributed by atoms with Gasteiger partial charge in [0.15, 0.2) is 18.1 Å². The van der Waals surface area contributed by atoms with Crippen molar-refractivity contribution in [2.75, 3.05) is 13.7 Å². The Morgan fingerprint density at radius 3 is 2.48 bits per heavy atom. The summed E-state index contributed by atoms with van der Waals surface area (Å²) in [6, 6.07) is 3.61. The van der Waals surface area contributed by atoms with E-state index in [1.807, 2.05) is 0 Å². The molecule has 0 spiro atoms. The number of rotatable bonds is 8. The van der Waals surface area contributed by atoms with Gasteiger partial charge in [0.1, 0.15) is 46.7 Å². The molecule has 0 saturated carbocycles. The highest BCUT2D eigenvalue weighted by atomic mass is 16.8. The van der Waals surface area contributed by atoms with Gasteiger partial charge in [-0.05, 0) is 39.8 Å². The van der Waals surface area contributed by atoms with Crippen molar-refractivity contribution in [3.8, 4) is 17.2 Å². The monoisotopic (exact) mass is 726 g/mol. The smallest absolute Gasteiger partial charge is 0.347 e.